The van der Waals surface area contributed by atoms with Crippen molar-refractivity contribution in [2.75, 3.05) is 6.54 Å². The Bertz CT molecular complexity index is 1340. The van der Waals surface area contributed by atoms with E-state index < -0.39 is 0 Å². The molecular formula is C37H47N3. The summed E-state index contributed by atoms with van der Waals surface area (Å²) in [6, 6.07) is 27.7. The Labute approximate surface area is 242 Å². The second-order valence-corrected chi connectivity index (χ2v) is 11.3. The fourth-order valence-electron chi connectivity index (χ4n) is 6.57. The Kier molecular flexibility index (Phi) is 9.54. The zero-order valence-electron chi connectivity index (χ0n) is 25.1. The van der Waals surface area contributed by atoms with E-state index in [9.17, 15) is 0 Å². The van der Waals surface area contributed by atoms with Crippen molar-refractivity contribution >= 4 is 0 Å². The van der Waals surface area contributed by atoms with Gasteiger partial charge in [-0.3, -0.25) is 4.90 Å². The maximum atomic E-state index is 5.53. The minimum absolute atomic E-state index is 0.456. The molecule has 1 aromatic heterocycles. The molecule has 0 bridgehead atoms. The van der Waals surface area contributed by atoms with Gasteiger partial charge in [0.1, 0.15) is 5.82 Å². The van der Waals surface area contributed by atoms with Gasteiger partial charge in [-0.15, -0.1) is 0 Å². The summed E-state index contributed by atoms with van der Waals surface area (Å²) in [5.41, 5.74) is 10.8. The first kappa shape index (κ1) is 28.4. The van der Waals surface area contributed by atoms with Crippen molar-refractivity contribution in [3.63, 3.8) is 0 Å². The maximum absolute atomic E-state index is 5.53. The van der Waals surface area contributed by atoms with Crippen LogP contribution in [0.4, 0.5) is 0 Å². The molecule has 5 rings (SSSR count). The maximum Gasteiger partial charge on any atom is 0.141 e. The average molecular weight is 534 g/mol. The number of hydrogen-bond donors (Lipinski definition) is 0. The van der Waals surface area contributed by atoms with Crippen LogP contribution in [0, 0.1) is 0 Å². The highest BCUT2D eigenvalue weighted by Crippen LogP contribution is 2.38. The molecule has 0 saturated carbocycles. The molecule has 3 aromatic carbocycles. The average Bonchev–Trinajstić information content (AvgIpc) is 3.37. The molecule has 0 aliphatic carbocycles. The zero-order chi connectivity index (χ0) is 27.9. The van der Waals surface area contributed by atoms with E-state index in [0.717, 1.165) is 50.4 Å². The van der Waals surface area contributed by atoms with E-state index >= 15 is 0 Å². The SMILES string of the molecule is CCCCc1ccc(-c2nc(-c3c(CC)cccc3CC)n(CC)c2CN2CCCCC2c2ccccc2)cc1. The van der Waals surface area contributed by atoms with Crippen molar-refractivity contribution in [2.45, 2.75) is 98.2 Å². The normalized spacial score (nSPS) is 15.9. The van der Waals surface area contributed by atoms with E-state index in [1.54, 1.807) is 0 Å². The minimum Gasteiger partial charge on any atom is -0.327 e. The molecule has 1 saturated heterocycles. The van der Waals surface area contributed by atoms with Gasteiger partial charge in [0.05, 0.1) is 11.4 Å². The number of likely N-dealkylation sites (tertiary alicyclic amines) is 1. The van der Waals surface area contributed by atoms with E-state index in [1.807, 2.05) is 0 Å². The molecule has 0 amide bonds. The molecule has 1 aliphatic heterocycles. The summed E-state index contributed by atoms with van der Waals surface area (Å²) >= 11 is 0. The van der Waals surface area contributed by atoms with Gasteiger partial charge in [0.15, 0.2) is 0 Å². The van der Waals surface area contributed by atoms with Crippen molar-refractivity contribution < 1.29 is 0 Å². The van der Waals surface area contributed by atoms with E-state index in [2.05, 4.69) is 110 Å². The van der Waals surface area contributed by atoms with Crippen LogP contribution in [0.3, 0.4) is 0 Å². The monoisotopic (exact) mass is 533 g/mol. The van der Waals surface area contributed by atoms with Crippen molar-refractivity contribution in [1.29, 1.82) is 0 Å². The number of rotatable bonds is 11. The van der Waals surface area contributed by atoms with Gasteiger partial charge in [0.2, 0.25) is 0 Å². The van der Waals surface area contributed by atoms with Crippen LogP contribution in [0.15, 0.2) is 72.8 Å². The Morgan fingerprint density at radius 1 is 0.800 bits per heavy atom. The van der Waals surface area contributed by atoms with Crippen molar-refractivity contribution in [2.24, 2.45) is 0 Å². The number of piperidine rings is 1. The molecular weight excluding hydrogens is 486 g/mol. The summed E-state index contributed by atoms with van der Waals surface area (Å²) in [4.78, 5) is 8.25. The Balaban J connectivity index is 1.64. The second kappa shape index (κ2) is 13.5. The van der Waals surface area contributed by atoms with Crippen LogP contribution in [0.25, 0.3) is 22.6 Å². The van der Waals surface area contributed by atoms with E-state index in [1.165, 1.54) is 71.2 Å². The fourth-order valence-corrected chi connectivity index (χ4v) is 6.57. The molecule has 2 heterocycles. The van der Waals surface area contributed by atoms with Crippen LogP contribution in [-0.4, -0.2) is 21.0 Å². The van der Waals surface area contributed by atoms with Crippen molar-refractivity contribution in [1.82, 2.24) is 14.5 Å². The van der Waals surface area contributed by atoms with E-state index in [-0.39, 0.29) is 0 Å². The van der Waals surface area contributed by atoms with Gasteiger partial charge in [-0.2, -0.15) is 0 Å². The lowest BCUT2D eigenvalue weighted by Gasteiger charge is -2.36. The molecule has 1 fully saturated rings. The van der Waals surface area contributed by atoms with Crippen LogP contribution in [0.1, 0.15) is 93.8 Å². The molecule has 3 heteroatoms. The predicted molar refractivity (Wildman–Crippen MR) is 170 cm³/mol. The van der Waals surface area contributed by atoms with Gasteiger partial charge < -0.3 is 4.57 Å². The molecule has 1 aliphatic rings. The summed E-state index contributed by atoms with van der Waals surface area (Å²) in [6.07, 6.45) is 9.41. The number of aromatic nitrogens is 2. The van der Waals surface area contributed by atoms with Gasteiger partial charge >= 0.3 is 0 Å². The quantitative estimate of drug-likeness (QED) is 0.191. The Morgan fingerprint density at radius 2 is 1.52 bits per heavy atom. The first-order chi connectivity index (χ1) is 19.7. The van der Waals surface area contributed by atoms with E-state index in [0.29, 0.717) is 6.04 Å². The van der Waals surface area contributed by atoms with Gasteiger partial charge in [-0.05, 0) is 74.2 Å². The highest BCUT2D eigenvalue weighted by atomic mass is 15.2. The first-order valence-corrected chi connectivity index (χ1v) is 15.8. The molecule has 0 N–H and O–H groups in total. The van der Waals surface area contributed by atoms with Gasteiger partial charge in [0.25, 0.3) is 0 Å². The number of hydrogen-bond acceptors (Lipinski definition) is 2. The molecule has 210 valence electrons. The first-order valence-electron chi connectivity index (χ1n) is 15.8. The fraction of sp³-hybridized carbons (Fsp3) is 0.432. The van der Waals surface area contributed by atoms with Gasteiger partial charge in [-0.1, -0.05) is 106 Å². The summed E-state index contributed by atoms with van der Waals surface area (Å²) in [6.45, 7) is 12.1. The molecule has 1 atom stereocenters. The summed E-state index contributed by atoms with van der Waals surface area (Å²) < 4.78 is 2.53. The summed E-state index contributed by atoms with van der Waals surface area (Å²) in [5, 5.41) is 0. The molecule has 0 radical (unpaired) electrons. The lowest BCUT2D eigenvalue weighted by atomic mass is 9.94. The number of benzene rings is 3. The summed E-state index contributed by atoms with van der Waals surface area (Å²) in [7, 11) is 0. The minimum atomic E-state index is 0.456. The van der Waals surface area contributed by atoms with Crippen LogP contribution < -0.4 is 0 Å². The number of imidazole rings is 1. The zero-order valence-corrected chi connectivity index (χ0v) is 25.1. The largest absolute Gasteiger partial charge is 0.327 e. The van der Waals surface area contributed by atoms with Gasteiger partial charge in [0, 0.05) is 30.3 Å². The third-order valence-electron chi connectivity index (χ3n) is 8.81. The van der Waals surface area contributed by atoms with Crippen LogP contribution >= 0.6 is 0 Å². The third-order valence-corrected chi connectivity index (χ3v) is 8.81. The smallest absolute Gasteiger partial charge is 0.141 e. The van der Waals surface area contributed by atoms with Crippen molar-refractivity contribution in [3.05, 3.63) is 101 Å². The third kappa shape index (κ3) is 5.95. The van der Waals surface area contributed by atoms with Crippen molar-refractivity contribution in [3.8, 4) is 22.6 Å². The molecule has 1 unspecified atom stereocenters. The number of aryl methyl sites for hydroxylation is 3. The Hall–Kier alpha value is -3.17. The molecule has 3 nitrogen and oxygen atoms in total. The predicted octanol–water partition coefficient (Wildman–Crippen LogP) is 9.43. The number of nitrogens with zero attached hydrogens (tertiary/aromatic N) is 3. The standard InChI is InChI=1S/C37H47N3/c1-5-9-16-28-22-24-32(25-23-28)36-34(27-39-26-14-13-21-33(39)31-17-11-10-12-18-31)40(8-4)37(38-36)35-29(6-2)19-15-20-30(35)7-3/h10-12,15,17-20,22-25,33H,5-9,13-14,16,21,26-27H2,1-4H3. The summed E-state index contributed by atoms with van der Waals surface area (Å²) in [5.74, 6) is 1.14. The Morgan fingerprint density at radius 3 is 2.17 bits per heavy atom. The van der Waals surface area contributed by atoms with Gasteiger partial charge in [-0.25, -0.2) is 4.98 Å². The highest BCUT2D eigenvalue weighted by molar-refractivity contribution is 5.72. The lowest BCUT2D eigenvalue weighted by Crippen LogP contribution is -2.33. The highest BCUT2D eigenvalue weighted by Gasteiger charge is 2.28. The molecule has 40 heavy (non-hydrogen) atoms. The molecule has 0 spiro atoms. The topological polar surface area (TPSA) is 21.1 Å². The van der Waals surface area contributed by atoms with Crippen LogP contribution in [0.5, 0.6) is 0 Å². The van der Waals surface area contributed by atoms with Crippen LogP contribution in [0.2, 0.25) is 0 Å². The molecule has 4 aromatic rings. The second-order valence-electron chi connectivity index (χ2n) is 11.3. The lowest BCUT2D eigenvalue weighted by molar-refractivity contribution is 0.137. The van der Waals surface area contributed by atoms with E-state index in [4.69, 9.17) is 4.98 Å². The number of unbranched alkanes of at least 4 members (excludes halogenated alkanes) is 1. The van der Waals surface area contributed by atoms with Crippen LogP contribution in [-0.2, 0) is 32.4 Å².